The molecule has 0 fully saturated rings. The van der Waals surface area contributed by atoms with Crippen LogP contribution in [0.25, 0.3) is 10.9 Å². The first kappa shape index (κ1) is 8.51. The molecule has 0 radical (unpaired) electrons. The van der Waals surface area contributed by atoms with E-state index < -0.39 is 0 Å². The van der Waals surface area contributed by atoms with Crippen LogP contribution in [0.5, 0.6) is 0 Å². The van der Waals surface area contributed by atoms with E-state index in [0.717, 1.165) is 21.7 Å². The van der Waals surface area contributed by atoms with E-state index >= 15 is 0 Å². The van der Waals surface area contributed by atoms with Gasteiger partial charge in [-0.15, -0.1) is 0 Å². The van der Waals surface area contributed by atoms with Gasteiger partial charge in [-0.25, -0.2) is 0 Å². The van der Waals surface area contributed by atoms with Gasteiger partial charge in [-0.3, -0.25) is 4.79 Å². The summed E-state index contributed by atoms with van der Waals surface area (Å²) in [4.78, 5) is 10.6. The Kier molecular flexibility index (Phi) is 1.96. The molecule has 0 aliphatic heterocycles. The number of aromatic nitrogens is 1. The molecule has 0 spiro atoms. The maximum absolute atomic E-state index is 10.6. The minimum atomic E-state index is 0.702. The van der Waals surface area contributed by atoms with Gasteiger partial charge in [0.2, 0.25) is 0 Å². The van der Waals surface area contributed by atoms with E-state index in [1.165, 1.54) is 0 Å². The van der Waals surface area contributed by atoms with Crippen LogP contribution in [0.1, 0.15) is 10.5 Å². The second-order valence-electron chi connectivity index (χ2n) is 2.95. The molecule has 1 heterocycles. The third-order valence-corrected chi connectivity index (χ3v) is 2.66. The van der Waals surface area contributed by atoms with Crippen molar-refractivity contribution in [2.75, 3.05) is 0 Å². The highest BCUT2D eigenvalue weighted by molar-refractivity contribution is 9.10. The van der Waals surface area contributed by atoms with Gasteiger partial charge < -0.3 is 4.57 Å². The number of fused-ring (bicyclic) bond motifs is 1. The Labute approximate surface area is 84.3 Å². The van der Waals surface area contributed by atoms with Crippen molar-refractivity contribution in [3.8, 4) is 0 Å². The van der Waals surface area contributed by atoms with Crippen LogP contribution in [0.3, 0.4) is 0 Å². The van der Waals surface area contributed by atoms with Gasteiger partial charge in [0.05, 0.1) is 5.69 Å². The number of aryl methyl sites for hydroxylation is 1. The lowest BCUT2D eigenvalue weighted by molar-refractivity contribution is 0.111. The van der Waals surface area contributed by atoms with E-state index in [-0.39, 0.29) is 0 Å². The topological polar surface area (TPSA) is 22.0 Å². The maximum atomic E-state index is 10.6. The number of carbonyl (C=O) groups is 1. The molecule has 0 bridgehead atoms. The summed E-state index contributed by atoms with van der Waals surface area (Å²) in [7, 11) is 1.89. The lowest BCUT2D eigenvalue weighted by Crippen LogP contribution is -1.92. The molecular formula is C10H8BrNO. The van der Waals surface area contributed by atoms with Gasteiger partial charge in [0.15, 0.2) is 6.29 Å². The highest BCUT2D eigenvalue weighted by atomic mass is 79.9. The monoisotopic (exact) mass is 237 g/mol. The Bertz CT molecular complexity index is 473. The summed E-state index contributed by atoms with van der Waals surface area (Å²) in [5, 5.41) is 1.08. The zero-order chi connectivity index (χ0) is 9.42. The van der Waals surface area contributed by atoms with Crippen LogP contribution in [-0.2, 0) is 7.05 Å². The first-order chi connectivity index (χ1) is 6.22. The fraction of sp³-hybridized carbons (Fsp3) is 0.100. The van der Waals surface area contributed by atoms with Crippen molar-refractivity contribution in [3.63, 3.8) is 0 Å². The van der Waals surface area contributed by atoms with Gasteiger partial charge in [0, 0.05) is 22.4 Å². The average Bonchev–Trinajstić information content (AvgIpc) is 2.42. The summed E-state index contributed by atoms with van der Waals surface area (Å²) >= 11 is 3.39. The van der Waals surface area contributed by atoms with E-state index in [0.29, 0.717) is 5.69 Å². The molecule has 3 heteroatoms. The second kappa shape index (κ2) is 3.00. The number of nitrogens with zero attached hydrogens (tertiary/aromatic N) is 1. The predicted octanol–water partition coefficient (Wildman–Crippen LogP) is 2.75. The van der Waals surface area contributed by atoms with Crippen molar-refractivity contribution in [3.05, 3.63) is 34.4 Å². The third-order valence-electron chi connectivity index (χ3n) is 2.16. The fourth-order valence-corrected chi connectivity index (χ4v) is 1.83. The van der Waals surface area contributed by atoms with Crippen LogP contribution in [0.15, 0.2) is 28.7 Å². The third kappa shape index (κ3) is 1.29. The normalized spacial score (nSPS) is 10.6. The molecule has 0 amide bonds. The van der Waals surface area contributed by atoms with E-state index in [4.69, 9.17) is 0 Å². The molecule has 2 aromatic rings. The molecule has 0 saturated heterocycles. The van der Waals surface area contributed by atoms with E-state index in [1.54, 1.807) is 0 Å². The lowest BCUT2D eigenvalue weighted by atomic mass is 10.2. The van der Waals surface area contributed by atoms with Gasteiger partial charge in [-0.1, -0.05) is 15.9 Å². The molecule has 0 aliphatic carbocycles. The molecular weight excluding hydrogens is 230 g/mol. The number of halogens is 1. The van der Waals surface area contributed by atoms with Crippen LogP contribution in [0.2, 0.25) is 0 Å². The largest absolute Gasteiger partial charge is 0.341 e. The summed E-state index contributed by atoms with van der Waals surface area (Å²) in [5.41, 5.74) is 1.78. The first-order valence-corrected chi connectivity index (χ1v) is 4.72. The fourth-order valence-electron chi connectivity index (χ4n) is 1.45. The second-order valence-corrected chi connectivity index (χ2v) is 3.86. The number of benzene rings is 1. The molecule has 13 heavy (non-hydrogen) atoms. The summed E-state index contributed by atoms with van der Waals surface area (Å²) < 4.78 is 2.91. The van der Waals surface area contributed by atoms with E-state index in [9.17, 15) is 4.79 Å². The number of hydrogen-bond acceptors (Lipinski definition) is 1. The van der Waals surface area contributed by atoms with Crippen molar-refractivity contribution >= 4 is 33.1 Å². The van der Waals surface area contributed by atoms with Gasteiger partial charge in [0.1, 0.15) is 0 Å². The van der Waals surface area contributed by atoms with Gasteiger partial charge in [-0.05, 0) is 24.3 Å². The lowest BCUT2D eigenvalue weighted by Gasteiger charge is -1.97. The van der Waals surface area contributed by atoms with Gasteiger partial charge in [-0.2, -0.15) is 0 Å². The van der Waals surface area contributed by atoms with Crippen molar-refractivity contribution < 1.29 is 4.79 Å². The predicted molar refractivity (Wildman–Crippen MR) is 56.0 cm³/mol. The minimum Gasteiger partial charge on any atom is -0.341 e. The van der Waals surface area contributed by atoms with E-state index in [2.05, 4.69) is 15.9 Å². The highest BCUT2D eigenvalue weighted by Crippen LogP contribution is 2.21. The zero-order valence-corrected chi connectivity index (χ0v) is 8.71. The van der Waals surface area contributed by atoms with Crippen LogP contribution < -0.4 is 0 Å². The highest BCUT2D eigenvalue weighted by Gasteiger charge is 2.03. The summed E-state index contributed by atoms with van der Waals surface area (Å²) in [6.07, 6.45) is 0.869. The maximum Gasteiger partial charge on any atom is 0.166 e. The summed E-state index contributed by atoms with van der Waals surface area (Å²) in [5.74, 6) is 0. The summed E-state index contributed by atoms with van der Waals surface area (Å²) in [6.45, 7) is 0. The van der Waals surface area contributed by atoms with Crippen molar-refractivity contribution in [2.45, 2.75) is 0 Å². The quantitative estimate of drug-likeness (QED) is 0.700. The average molecular weight is 238 g/mol. The molecule has 0 saturated carbocycles. The molecule has 0 unspecified atom stereocenters. The van der Waals surface area contributed by atoms with Gasteiger partial charge >= 0.3 is 0 Å². The Morgan fingerprint density at radius 3 is 2.85 bits per heavy atom. The summed E-state index contributed by atoms with van der Waals surface area (Å²) in [6, 6.07) is 7.85. The molecule has 1 aromatic heterocycles. The molecule has 0 atom stereocenters. The number of rotatable bonds is 1. The van der Waals surface area contributed by atoms with E-state index in [1.807, 2.05) is 35.9 Å². The van der Waals surface area contributed by atoms with Crippen molar-refractivity contribution in [2.24, 2.45) is 7.05 Å². The smallest absolute Gasteiger partial charge is 0.166 e. The van der Waals surface area contributed by atoms with Gasteiger partial charge in [0.25, 0.3) is 0 Å². The molecule has 0 N–H and O–H groups in total. The SMILES string of the molecule is Cn1c(C=O)cc2cc(Br)ccc21. The van der Waals surface area contributed by atoms with Crippen LogP contribution in [0.4, 0.5) is 0 Å². The Morgan fingerprint density at radius 1 is 1.38 bits per heavy atom. The Balaban J connectivity index is 2.83. The zero-order valence-electron chi connectivity index (χ0n) is 7.12. The molecule has 0 aliphatic rings. The molecule has 2 rings (SSSR count). The Hall–Kier alpha value is -1.09. The number of carbonyl (C=O) groups excluding carboxylic acids is 1. The Morgan fingerprint density at radius 2 is 2.15 bits per heavy atom. The molecule has 1 aromatic carbocycles. The first-order valence-electron chi connectivity index (χ1n) is 3.92. The van der Waals surface area contributed by atoms with Crippen molar-refractivity contribution in [1.82, 2.24) is 4.57 Å². The minimum absolute atomic E-state index is 0.702. The number of aldehydes is 1. The standard InChI is InChI=1S/C10H8BrNO/c1-12-9(6-13)5-7-4-8(11)2-3-10(7)12/h2-6H,1H3. The molecule has 66 valence electrons. The van der Waals surface area contributed by atoms with Crippen LogP contribution in [0, 0.1) is 0 Å². The molecule has 2 nitrogen and oxygen atoms in total. The number of hydrogen-bond donors (Lipinski definition) is 0. The van der Waals surface area contributed by atoms with Crippen molar-refractivity contribution in [1.29, 1.82) is 0 Å². The van der Waals surface area contributed by atoms with Crippen LogP contribution in [-0.4, -0.2) is 10.9 Å². The van der Waals surface area contributed by atoms with Crippen LogP contribution >= 0.6 is 15.9 Å².